The summed E-state index contributed by atoms with van der Waals surface area (Å²) in [6.45, 7) is 4.33. The van der Waals surface area contributed by atoms with Gasteiger partial charge >= 0.3 is 0 Å². The van der Waals surface area contributed by atoms with Crippen molar-refractivity contribution in [3.05, 3.63) is 28.6 Å². The lowest BCUT2D eigenvalue weighted by Crippen LogP contribution is -2.13. The summed E-state index contributed by atoms with van der Waals surface area (Å²) >= 11 is 1.94. The van der Waals surface area contributed by atoms with Crippen LogP contribution in [0, 0.1) is 0 Å². The average Bonchev–Trinajstić information content (AvgIpc) is 3.20. The minimum atomic E-state index is 0.791. The molecule has 0 bridgehead atoms. The number of methoxy groups -OCH3 is 1. The highest BCUT2D eigenvalue weighted by molar-refractivity contribution is 7.19. The molecule has 102 valence electrons. The highest BCUT2D eigenvalue weighted by Gasteiger charge is 2.29. The second-order valence-corrected chi connectivity index (χ2v) is 6.39. The Labute approximate surface area is 118 Å². The molecule has 1 aliphatic carbocycles. The second-order valence-electron chi connectivity index (χ2n) is 5.25. The zero-order valence-electron chi connectivity index (χ0n) is 11.7. The first-order valence-corrected chi connectivity index (χ1v) is 7.95. The fourth-order valence-electron chi connectivity index (χ4n) is 2.60. The van der Waals surface area contributed by atoms with Crippen LogP contribution in [-0.2, 0) is 6.54 Å². The smallest absolute Gasteiger partial charge is 0.119 e. The first-order chi connectivity index (χ1) is 9.33. The predicted octanol–water partition coefficient (Wildman–Crippen LogP) is 4.29. The number of benzene rings is 1. The molecule has 1 aromatic carbocycles. The number of hydrogen-bond acceptors (Lipinski definition) is 3. The number of rotatable bonds is 6. The molecular formula is C16H21NOS. The van der Waals surface area contributed by atoms with Gasteiger partial charge in [-0.2, -0.15) is 0 Å². The van der Waals surface area contributed by atoms with Gasteiger partial charge in [0.05, 0.1) is 7.11 Å². The Morgan fingerprint density at radius 3 is 2.89 bits per heavy atom. The van der Waals surface area contributed by atoms with Crippen LogP contribution in [0.3, 0.4) is 0 Å². The molecule has 0 radical (unpaired) electrons. The van der Waals surface area contributed by atoms with Gasteiger partial charge in [0.2, 0.25) is 0 Å². The molecule has 3 rings (SSSR count). The number of hydrogen-bond donors (Lipinski definition) is 1. The minimum absolute atomic E-state index is 0.791. The van der Waals surface area contributed by atoms with Crippen LogP contribution >= 0.6 is 11.3 Å². The standard InChI is InChI=1S/C16H21NOS/c1-3-8-17-10-15-16(11-4-5-11)13-9-12(18-2)6-7-14(13)19-15/h6-7,9,11,17H,3-5,8,10H2,1-2H3. The van der Waals surface area contributed by atoms with Gasteiger partial charge in [0.1, 0.15) is 5.75 Å². The first-order valence-electron chi connectivity index (χ1n) is 7.13. The van der Waals surface area contributed by atoms with E-state index < -0.39 is 0 Å². The van der Waals surface area contributed by atoms with Crippen molar-refractivity contribution in [2.24, 2.45) is 0 Å². The lowest BCUT2D eigenvalue weighted by molar-refractivity contribution is 0.415. The SMILES string of the molecule is CCCNCc1sc2ccc(OC)cc2c1C1CC1. The van der Waals surface area contributed by atoms with Crippen LogP contribution < -0.4 is 10.1 Å². The molecule has 0 atom stereocenters. The molecule has 1 heterocycles. The van der Waals surface area contributed by atoms with Crippen molar-refractivity contribution < 1.29 is 4.74 Å². The molecule has 2 nitrogen and oxygen atoms in total. The maximum atomic E-state index is 5.37. The quantitative estimate of drug-likeness (QED) is 0.794. The highest BCUT2D eigenvalue weighted by atomic mass is 32.1. The van der Waals surface area contributed by atoms with Crippen molar-refractivity contribution in [3.8, 4) is 5.75 Å². The van der Waals surface area contributed by atoms with Crippen LogP contribution in [0.1, 0.15) is 42.5 Å². The predicted molar refractivity (Wildman–Crippen MR) is 82.3 cm³/mol. The van der Waals surface area contributed by atoms with Crippen molar-refractivity contribution in [2.75, 3.05) is 13.7 Å². The Hall–Kier alpha value is -1.06. The van der Waals surface area contributed by atoms with E-state index in [0.29, 0.717) is 0 Å². The van der Waals surface area contributed by atoms with Crippen LogP contribution in [0.5, 0.6) is 5.75 Å². The highest BCUT2D eigenvalue weighted by Crippen LogP contribution is 2.48. The van der Waals surface area contributed by atoms with E-state index in [9.17, 15) is 0 Å². The zero-order chi connectivity index (χ0) is 13.2. The van der Waals surface area contributed by atoms with Crippen molar-refractivity contribution in [1.29, 1.82) is 0 Å². The summed E-state index contributed by atoms with van der Waals surface area (Å²) in [6, 6.07) is 6.48. The Morgan fingerprint density at radius 2 is 2.21 bits per heavy atom. The lowest BCUT2D eigenvalue weighted by Gasteiger charge is -2.05. The van der Waals surface area contributed by atoms with E-state index in [-0.39, 0.29) is 0 Å². The largest absolute Gasteiger partial charge is 0.497 e. The fourth-order valence-corrected chi connectivity index (χ4v) is 3.84. The zero-order valence-corrected chi connectivity index (χ0v) is 12.5. The molecule has 0 unspecified atom stereocenters. The molecule has 19 heavy (non-hydrogen) atoms. The third kappa shape index (κ3) is 2.63. The average molecular weight is 275 g/mol. The van der Waals surface area contributed by atoms with E-state index in [1.165, 1.54) is 34.2 Å². The molecule has 0 amide bonds. The normalized spacial score (nSPS) is 15.1. The van der Waals surface area contributed by atoms with Gasteiger partial charge in [-0.25, -0.2) is 0 Å². The van der Waals surface area contributed by atoms with Crippen LogP contribution in [-0.4, -0.2) is 13.7 Å². The number of ether oxygens (including phenoxy) is 1. The first kappa shape index (κ1) is 12.9. The molecule has 0 spiro atoms. The molecule has 3 heteroatoms. The van der Waals surface area contributed by atoms with Gasteiger partial charge in [0.25, 0.3) is 0 Å². The molecule has 1 fully saturated rings. The van der Waals surface area contributed by atoms with Gasteiger partial charge in [-0.3, -0.25) is 0 Å². The maximum absolute atomic E-state index is 5.37. The van der Waals surface area contributed by atoms with Gasteiger partial charge in [-0.05, 0) is 60.9 Å². The van der Waals surface area contributed by atoms with Crippen LogP contribution in [0.15, 0.2) is 18.2 Å². The summed E-state index contributed by atoms with van der Waals surface area (Å²) in [5.74, 6) is 1.76. The molecular weight excluding hydrogens is 254 g/mol. The van der Waals surface area contributed by atoms with E-state index in [4.69, 9.17) is 4.74 Å². The van der Waals surface area contributed by atoms with Gasteiger partial charge in [0.15, 0.2) is 0 Å². The van der Waals surface area contributed by atoms with Crippen molar-refractivity contribution in [3.63, 3.8) is 0 Å². The molecule has 2 aromatic rings. The lowest BCUT2D eigenvalue weighted by atomic mass is 10.1. The van der Waals surface area contributed by atoms with Crippen molar-refractivity contribution in [1.82, 2.24) is 5.32 Å². The van der Waals surface area contributed by atoms with E-state index in [0.717, 1.165) is 24.8 Å². The molecule has 1 aromatic heterocycles. The fraction of sp³-hybridized carbons (Fsp3) is 0.500. The monoisotopic (exact) mass is 275 g/mol. The molecule has 0 saturated heterocycles. The number of nitrogens with one attached hydrogen (secondary N) is 1. The Bertz CT molecular complexity index is 571. The summed E-state index contributed by atoms with van der Waals surface area (Å²) in [5, 5.41) is 4.96. The maximum Gasteiger partial charge on any atom is 0.119 e. The third-order valence-electron chi connectivity index (χ3n) is 3.71. The van der Waals surface area contributed by atoms with Gasteiger partial charge in [-0.1, -0.05) is 6.92 Å². The Balaban J connectivity index is 1.98. The topological polar surface area (TPSA) is 21.3 Å². The van der Waals surface area contributed by atoms with E-state index >= 15 is 0 Å². The van der Waals surface area contributed by atoms with E-state index in [1.54, 1.807) is 12.7 Å². The minimum Gasteiger partial charge on any atom is -0.497 e. The van der Waals surface area contributed by atoms with E-state index in [2.05, 4.69) is 30.4 Å². The summed E-state index contributed by atoms with van der Waals surface area (Å²) in [5.41, 5.74) is 1.59. The molecule has 0 aliphatic heterocycles. The van der Waals surface area contributed by atoms with Crippen molar-refractivity contribution in [2.45, 2.75) is 38.6 Å². The van der Waals surface area contributed by atoms with Gasteiger partial charge in [-0.15, -0.1) is 11.3 Å². The molecule has 1 aliphatic rings. The van der Waals surface area contributed by atoms with E-state index in [1.807, 2.05) is 11.3 Å². The summed E-state index contributed by atoms with van der Waals surface area (Å²) < 4.78 is 6.77. The summed E-state index contributed by atoms with van der Waals surface area (Å²) in [6.07, 6.45) is 3.89. The van der Waals surface area contributed by atoms with Gasteiger partial charge < -0.3 is 10.1 Å². The third-order valence-corrected chi connectivity index (χ3v) is 4.89. The van der Waals surface area contributed by atoms with Crippen LogP contribution in [0.4, 0.5) is 0 Å². The Kier molecular flexibility index (Phi) is 3.76. The number of thiophene rings is 1. The van der Waals surface area contributed by atoms with Crippen LogP contribution in [0.2, 0.25) is 0 Å². The molecule has 1 N–H and O–H groups in total. The molecule has 1 saturated carbocycles. The van der Waals surface area contributed by atoms with Crippen molar-refractivity contribution >= 4 is 21.4 Å². The second kappa shape index (κ2) is 5.51. The Morgan fingerprint density at radius 1 is 1.37 bits per heavy atom. The summed E-state index contributed by atoms with van der Waals surface area (Å²) in [4.78, 5) is 1.53. The van der Waals surface area contributed by atoms with Gasteiger partial charge in [0, 0.05) is 16.1 Å². The van der Waals surface area contributed by atoms with Crippen LogP contribution in [0.25, 0.3) is 10.1 Å². The summed E-state index contributed by atoms with van der Waals surface area (Å²) in [7, 11) is 1.74. The number of fused-ring (bicyclic) bond motifs is 1.